The Morgan fingerprint density at radius 2 is 1.59 bits per heavy atom. The fourth-order valence-corrected chi connectivity index (χ4v) is 4.19. The number of likely N-dealkylation sites (tertiary alicyclic amines) is 1. The van der Waals surface area contributed by atoms with Crippen LogP contribution in [0.4, 0.5) is 0 Å². The first-order valence-electron chi connectivity index (χ1n) is 9.84. The van der Waals surface area contributed by atoms with E-state index in [-0.39, 0.29) is 23.3 Å². The molecule has 4 rings (SSSR count). The minimum atomic E-state index is 0.0128. The molecule has 0 aromatic heterocycles. The van der Waals surface area contributed by atoms with Gasteiger partial charge in [0.05, 0.1) is 0 Å². The quantitative estimate of drug-likeness (QED) is 0.886. The van der Waals surface area contributed by atoms with Gasteiger partial charge in [0.25, 0.3) is 5.91 Å². The molecule has 140 valence electrons. The average molecular weight is 362 g/mol. The molecule has 27 heavy (non-hydrogen) atoms. The van der Waals surface area contributed by atoms with Crippen molar-refractivity contribution in [1.29, 1.82) is 0 Å². The number of hydrogen-bond donors (Lipinski definition) is 1. The van der Waals surface area contributed by atoms with Gasteiger partial charge in [-0.15, -0.1) is 0 Å². The van der Waals surface area contributed by atoms with Crippen molar-refractivity contribution < 1.29 is 9.59 Å². The maximum atomic E-state index is 12.5. The van der Waals surface area contributed by atoms with Crippen LogP contribution in [0, 0.1) is 5.41 Å². The number of carbonyl (C=O) groups excluding carboxylic acids is 2. The molecule has 1 saturated heterocycles. The molecule has 1 atom stereocenters. The monoisotopic (exact) mass is 362 g/mol. The van der Waals surface area contributed by atoms with Gasteiger partial charge in [-0.3, -0.25) is 9.59 Å². The second-order valence-electron chi connectivity index (χ2n) is 7.82. The molecular formula is C23H26N2O2. The van der Waals surface area contributed by atoms with Gasteiger partial charge < -0.3 is 10.2 Å². The first-order chi connectivity index (χ1) is 13.2. The maximum Gasteiger partial charge on any atom is 0.251 e. The largest absolute Gasteiger partial charge is 0.349 e. The van der Waals surface area contributed by atoms with Crippen molar-refractivity contribution >= 4 is 11.8 Å². The third kappa shape index (κ3) is 4.05. The molecule has 0 bridgehead atoms. The van der Waals surface area contributed by atoms with Gasteiger partial charge in [0, 0.05) is 31.1 Å². The second kappa shape index (κ2) is 7.55. The van der Waals surface area contributed by atoms with Crippen molar-refractivity contribution in [2.24, 2.45) is 5.41 Å². The van der Waals surface area contributed by atoms with Crippen molar-refractivity contribution in [1.82, 2.24) is 10.2 Å². The molecule has 2 amide bonds. The number of nitrogens with one attached hydrogen (secondary N) is 1. The van der Waals surface area contributed by atoms with Crippen LogP contribution in [0.3, 0.4) is 0 Å². The highest BCUT2D eigenvalue weighted by molar-refractivity contribution is 5.94. The van der Waals surface area contributed by atoms with E-state index in [0.717, 1.165) is 38.8 Å². The number of hydrogen-bond acceptors (Lipinski definition) is 2. The van der Waals surface area contributed by atoms with Gasteiger partial charge in [-0.05, 0) is 48.8 Å². The molecule has 2 aromatic rings. The van der Waals surface area contributed by atoms with Crippen molar-refractivity contribution in [3.8, 4) is 0 Å². The molecule has 4 nitrogen and oxygen atoms in total. The molecule has 1 spiro atoms. The number of carbonyl (C=O) groups is 2. The number of amides is 2. The van der Waals surface area contributed by atoms with E-state index in [1.54, 1.807) is 0 Å². The van der Waals surface area contributed by atoms with Crippen molar-refractivity contribution in [2.75, 3.05) is 13.1 Å². The van der Waals surface area contributed by atoms with Crippen LogP contribution in [-0.2, 0) is 11.2 Å². The molecule has 4 heteroatoms. The van der Waals surface area contributed by atoms with Crippen molar-refractivity contribution in [3.05, 3.63) is 71.8 Å². The van der Waals surface area contributed by atoms with E-state index >= 15 is 0 Å². The van der Waals surface area contributed by atoms with Gasteiger partial charge >= 0.3 is 0 Å². The fourth-order valence-electron chi connectivity index (χ4n) is 4.19. The molecule has 1 saturated carbocycles. The van der Waals surface area contributed by atoms with Gasteiger partial charge in [0.2, 0.25) is 5.91 Å². The van der Waals surface area contributed by atoms with Crippen LogP contribution in [0.1, 0.15) is 41.6 Å². The third-order valence-corrected chi connectivity index (χ3v) is 6.11. The molecule has 2 aliphatic rings. The van der Waals surface area contributed by atoms with Crippen LogP contribution in [0.5, 0.6) is 0 Å². The van der Waals surface area contributed by atoms with Crippen LogP contribution in [-0.4, -0.2) is 35.8 Å². The van der Waals surface area contributed by atoms with E-state index in [4.69, 9.17) is 0 Å². The average Bonchev–Trinajstić information content (AvgIpc) is 3.38. The fraction of sp³-hybridized carbons (Fsp3) is 0.391. The normalized spacial score (nSPS) is 20.3. The summed E-state index contributed by atoms with van der Waals surface area (Å²) >= 11 is 0. The third-order valence-electron chi connectivity index (χ3n) is 6.11. The zero-order chi connectivity index (χ0) is 18.7. The summed E-state index contributed by atoms with van der Waals surface area (Å²) in [7, 11) is 0. The van der Waals surface area contributed by atoms with Crippen LogP contribution in [0.15, 0.2) is 60.7 Å². The highest BCUT2D eigenvalue weighted by Gasteiger charge is 2.55. The Hall–Kier alpha value is -2.62. The Morgan fingerprint density at radius 1 is 0.963 bits per heavy atom. The summed E-state index contributed by atoms with van der Waals surface area (Å²) in [5, 5.41) is 3.18. The Balaban J connectivity index is 1.23. The Labute approximate surface area is 160 Å². The molecule has 1 N–H and O–H groups in total. The number of aryl methyl sites for hydroxylation is 1. The molecule has 0 radical (unpaired) electrons. The molecule has 1 aliphatic carbocycles. The predicted molar refractivity (Wildman–Crippen MR) is 105 cm³/mol. The summed E-state index contributed by atoms with van der Waals surface area (Å²) in [5.74, 6) is 0.262. The summed E-state index contributed by atoms with van der Waals surface area (Å²) in [6.45, 7) is 1.62. The Bertz CT molecular complexity index is 796. The van der Waals surface area contributed by atoms with Gasteiger partial charge in [0.1, 0.15) is 0 Å². The van der Waals surface area contributed by atoms with E-state index in [2.05, 4.69) is 17.4 Å². The predicted octanol–water partition coefficient (Wildman–Crippen LogP) is 3.43. The molecular weight excluding hydrogens is 336 g/mol. The van der Waals surface area contributed by atoms with E-state index < -0.39 is 0 Å². The van der Waals surface area contributed by atoms with E-state index in [1.165, 1.54) is 5.56 Å². The topological polar surface area (TPSA) is 49.4 Å². The van der Waals surface area contributed by atoms with E-state index in [9.17, 15) is 9.59 Å². The van der Waals surface area contributed by atoms with Crippen molar-refractivity contribution in [2.45, 2.75) is 38.1 Å². The Morgan fingerprint density at radius 3 is 2.26 bits per heavy atom. The van der Waals surface area contributed by atoms with Gasteiger partial charge in [-0.25, -0.2) is 0 Å². The van der Waals surface area contributed by atoms with Crippen LogP contribution >= 0.6 is 0 Å². The highest BCUT2D eigenvalue weighted by atomic mass is 16.2. The van der Waals surface area contributed by atoms with Crippen LogP contribution < -0.4 is 5.32 Å². The highest BCUT2D eigenvalue weighted by Crippen LogP contribution is 2.54. The summed E-state index contributed by atoms with van der Waals surface area (Å²) in [4.78, 5) is 26.8. The molecule has 1 heterocycles. The zero-order valence-corrected chi connectivity index (χ0v) is 15.6. The van der Waals surface area contributed by atoms with E-state index in [1.807, 2.05) is 53.4 Å². The van der Waals surface area contributed by atoms with Crippen molar-refractivity contribution in [3.63, 3.8) is 0 Å². The lowest BCUT2D eigenvalue weighted by Crippen LogP contribution is -2.41. The molecule has 2 fully saturated rings. The minimum Gasteiger partial charge on any atom is -0.349 e. The summed E-state index contributed by atoms with van der Waals surface area (Å²) in [6, 6.07) is 19.8. The van der Waals surface area contributed by atoms with E-state index in [0.29, 0.717) is 12.0 Å². The minimum absolute atomic E-state index is 0.0128. The maximum absolute atomic E-state index is 12.5. The SMILES string of the molecule is O=C(NC1CC12CCN(C(=O)CCc1ccccc1)CC2)c1ccccc1. The number of rotatable bonds is 5. The first-order valence-corrected chi connectivity index (χ1v) is 9.84. The van der Waals surface area contributed by atoms with Crippen LogP contribution in [0.25, 0.3) is 0 Å². The number of nitrogens with zero attached hydrogens (tertiary/aromatic N) is 1. The molecule has 2 aromatic carbocycles. The van der Waals surface area contributed by atoms with Gasteiger partial charge in [-0.2, -0.15) is 0 Å². The lowest BCUT2D eigenvalue weighted by molar-refractivity contribution is -0.132. The lowest BCUT2D eigenvalue weighted by Gasteiger charge is -2.33. The van der Waals surface area contributed by atoms with Gasteiger partial charge in [0.15, 0.2) is 0 Å². The molecule has 1 unspecified atom stereocenters. The second-order valence-corrected chi connectivity index (χ2v) is 7.82. The zero-order valence-electron chi connectivity index (χ0n) is 15.6. The summed E-state index contributed by atoms with van der Waals surface area (Å²) in [5.41, 5.74) is 2.14. The lowest BCUT2D eigenvalue weighted by atomic mass is 9.92. The summed E-state index contributed by atoms with van der Waals surface area (Å²) < 4.78 is 0. The first kappa shape index (κ1) is 17.8. The number of benzene rings is 2. The number of piperidine rings is 1. The smallest absolute Gasteiger partial charge is 0.251 e. The van der Waals surface area contributed by atoms with Crippen LogP contribution in [0.2, 0.25) is 0 Å². The molecule has 1 aliphatic heterocycles. The van der Waals surface area contributed by atoms with Gasteiger partial charge in [-0.1, -0.05) is 48.5 Å². The summed E-state index contributed by atoms with van der Waals surface area (Å²) in [6.07, 6.45) is 4.40. The standard InChI is InChI=1S/C23H26N2O2/c26-21(12-11-18-7-3-1-4-8-18)25-15-13-23(14-16-25)17-20(23)24-22(27)19-9-5-2-6-10-19/h1-10,20H,11-17H2,(H,24,27). The Kier molecular flexibility index (Phi) is 4.97.